The maximum atomic E-state index is 5.85. The zero-order valence-electron chi connectivity index (χ0n) is 9.75. The Kier molecular flexibility index (Phi) is 3.00. The second-order valence-corrected chi connectivity index (χ2v) is 4.77. The molecule has 0 bridgehead atoms. The minimum atomic E-state index is 0.254. The molecular formula is C13H9BrN4O. The van der Waals surface area contributed by atoms with E-state index >= 15 is 0 Å². The second kappa shape index (κ2) is 4.81. The topological polar surface area (TPSA) is 77.8 Å². The van der Waals surface area contributed by atoms with Gasteiger partial charge in [-0.1, -0.05) is 33.2 Å². The molecular weight excluding hydrogens is 308 g/mol. The largest absolute Gasteiger partial charge is 0.367 e. The molecule has 94 valence electrons. The predicted octanol–water partition coefficient (Wildman–Crippen LogP) is 3.14. The molecule has 2 aromatic heterocycles. The highest BCUT2D eigenvalue weighted by Crippen LogP contribution is 2.34. The van der Waals surface area contributed by atoms with Gasteiger partial charge in [0.1, 0.15) is 0 Å². The molecule has 0 fully saturated rings. The molecule has 2 heterocycles. The van der Waals surface area contributed by atoms with Gasteiger partial charge < -0.3 is 10.3 Å². The Balaban J connectivity index is 2.17. The van der Waals surface area contributed by atoms with Crippen LogP contribution in [-0.4, -0.2) is 15.1 Å². The van der Waals surface area contributed by atoms with Crippen LogP contribution >= 0.6 is 15.9 Å². The van der Waals surface area contributed by atoms with Crippen molar-refractivity contribution in [2.75, 3.05) is 5.73 Å². The van der Waals surface area contributed by atoms with Crippen molar-refractivity contribution in [3.05, 3.63) is 47.2 Å². The molecule has 3 aromatic rings. The first kappa shape index (κ1) is 11.9. The van der Waals surface area contributed by atoms with E-state index in [-0.39, 0.29) is 5.88 Å². The minimum absolute atomic E-state index is 0.254. The maximum absolute atomic E-state index is 5.85. The van der Waals surface area contributed by atoms with Crippen molar-refractivity contribution in [3.8, 4) is 22.6 Å². The van der Waals surface area contributed by atoms with Crippen molar-refractivity contribution in [2.45, 2.75) is 0 Å². The molecule has 2 N–H and O–H groups in total. The van der Waals surface area contributed by atoms with E-state index in [0.717, 1.165) is 10.0 Å². The summed E-state index contributed by atoms with van der Waals surface area (Å²) in [4.78, 5) is 8.34. The third-order valence-corrected chi connectivity index (χ3v) is 3.16. The Morgan fingerprint density at radius 1 is 1.05 bits per heavy atom. The number of hydrogen-bond donors (Lipinski definition) is 1. The minimum Gasteiger partial charge on any atom is -0.367 e. The molecule has 0 saturated heterocycles. The third-order valence-electron chi connectivity index (χ3n) is 2.63. The highest BCUT2D eigenvalue weighted by Gasteiger charge is 2.18. The number of nitrogen functional groups attached to an aromatic ring is 1. The van der Waals surface area contributed by atoms with Crippen LogP contribution in [0, 0.1) is 0 Å². The number of anilines is 1. The van der Waals surface area contributed by atoms with Crippen LogP contribution in [-0.2, 0) is 0 Å². The molecule has 0 atom stereocenters. The van der Waals surface area contributed by atoms with Crippen molar-refractivity contribution < 1.29 is 4.52 Å². The lowest BCUT2D eigenvalue weighted by Gasteiger charge is -2.01. The second-order valence-electron chi connectivity index (χ2n) is 3.85. The summed E-state index contributed by atoms with van der Waals surface area (Å²) in [6, 6.07) is 9.46. The summed E-state index contributed by atoms with van der Waals surface area (Å²) < 4.78 is 6.06. The summed E-state index contributed by atoms with van der Waals surface area (Å²) in [5.74, 6) is 0.741. The summed E-state index contributed by atoms with van der Waals surface area (Å²) in [7, 11) is 0. The van der Waals surface area contributed by atoms with Gasteiger partial charge in [0.2, 0.25) is 5.88 Å². The fraction of sp³-hybridized carbons (Fsp3) is 0. The van der Waals surface area contributed by atoms with Crippen LogP contribution in [0.25, 0.3) is 22.6 Å². The molecule has 0 aliphatic heterocycles. The standard InChI is InChI=1S/C13H9BrN4O/c14-9-4-2-8(3-5-9)10-11(18-19-12(10)15)13-16-6-1-7-17-13/h1-7H,15H2. The number of nitrogens with zero attached hydrogens (tertiary/aromatic N) is 3. The van der Waals surface area contributed by atoms with Crippen LogP contribution in [0.3, 0.4) is 0 Å². The molecule has 0 aliphatic rings. The number of hydrogen-bond acceptors (Lipinski definition) is 5. The van der Waals surface area contributed by atoms with Crippen molar-refractivity contribution in [1.29, 1.82) is 0 Å². The summed E-state index contributed by atoms with van der Waals surface area (Å²) in [6.45, 7) is 0. The van der Waals surface area contributed by atoms with Crippen LogP contribution in [0.1, 0.15) is 0 Å². The molecule has 3 rings (SSSR count). The van der Waals surface area contributed by atoms with E-state index in [2.05, 4.69) is 31.1 Å². The third kappa shape index (κ3) is 2.22. The molecule has 0 spiro atoms. The van der Waals surface area contributed by atoms with Crippen molar-refractivity contribution in [2.24, 2.45) is 0 Å². The normalized spacial score (nSPS) is 10.6. The molecule has 1 aromatic carbocycles. The summed E-state index contributed by atoms with van der Waals surface area (Å²) >= 11 is 3.40. The Morgan fingerprint density at radius 3 is 2.42 bits per heavy atom. The highest BCUT2D eigenvalue weighted by molar-refractivity contribution is 9.10. The van der Waals surface area contributed by atoms with Gasteiger partial charge in [0.05, 0.1) is 5.56 Å². The molecule has 6 heteroatoms. The number of benzene rings is 1. The lowest BCUT2D eigenvalue weighted by atomic mass is 10.1. The lowest BCUT2D eigenvalue weighted by molar-refractivity contribution is 0.439. The molecule has 0 unspecified atom stereocenters. The van der Waals surface area contributed by atoms with Gasteiger partial charge in [-0.15, -0.1) is 0 Å². The quantitative estimate of drug-likeness (QED) is 0.785. The zero-order chi connectivity index (χ0) is 13.2. The molecule has 0 saturated carbocycles. The van der Waals surface area contributed by atoms with Gasteiger partial charge in [-0.25, -0.2) is 9.97 Å². The molecule has 0 amide bonds. The van der Waals surface area contributed by atoms with Crippen LogP contribution < -0.4 is 5.73 Å². The first-order chi connectivity index (χ1) is 9.25. The zero-order valence-corrected chi connectivity index (χ0v) is 11.3. The summed E-state index contributed by atoms with van der Waals surface area (Å²) in [5, 5.41) is 3.95. The van der Waals surface area contributed by atoms with Crippen LogP contribution in [0.15, 0.2) is 51.7 Å². The van der Waals surface area contributed by atoms with E-state index in [1.54, 1.807) is 18.5 Å². The molecule has 0 radical (unpaired) electrons. The molecule has 5 nitrogen and oxygen atoms in total. The van der Waals surface area contributed by atoms with E-state index in [0.29, 0.717) is 17.1 Å². The van der Waals surface area contributed by atoms with E-state index in [4.69, 9.17) is 10.3 Å². The Bertz CT molecular complexity index is 694. The Morgan fingerprint density at radius 2 is 1.74 bits per heavy atom. The van der Waals surface area contributed by atoms with Gasteiger partial charge in [0.25, 0.3) is 0 Å². The maximum Gasteiger partial charge on any atom is 0.230 e. The van der Waals surface area contributed by atoms with Gasteiger partial charge >= 0.3 is 0 Å². The number of nitrogens with two attached hydrogens (primary N) is 1. The average molecular weight is 317 g/mol. The van der Waals surface area contributed by atoms with E-state index in [9.17, 15) is 0 Å². The SMILES string of the molecule is Nc1onc(-c2ncccn2)c1-c1ccc(Br)cc1. The number of halogens is 1. The Labute approximate surface area is 117 Å². The van der Waals surface area contributed by atoms with Crippen molar-refractivity contribution >= 4 is 21.8 Å². The lowest BCUT2D eigenvalue weighted by Crippen LogP contribution is -1.91. The smallest absolute Gasteiger partial charge is 0.230 e. The van der Waals surface area contributed by atoms with Crippen molar-refractivity contribution in [3.63, 3.8) is 0 Å². The van der Waals surface area contributed by atoms with Gasteiger partial charge in [-0.3, -0.25) is 0 Å². The number of rotatable bonds is 2. The summed E-state index contributed by atoms with van der Waals surface area (Å²) in [6.07, 6.45) is 3.30. The molecule has 19 heavy (non-hydrogen) atoms. The summed E-state index contributed by atoms with van der Waals surface area (Å²) in [5.41, 5.74) is 8.01. The number of aromatic nitrogens is 3. The van der Waals surface area contributed by atoms with E-state index < -0.39 is 0 Å². The monoisotopic (exact) mass is 316 g/mol. The first-order valence-electron chi connectivity index (χ1n) is 5.54. The highest BCUT2D eigenvalue weighted by atomic mass is 79.9. The fourth-order valence-electron chi connectivity index (χ4n) is 1.77. The molecule has 0 aliphatic carbocycles. The van der Waals surface area contributed by atoms with Crippen LogP contribution in [0.4, 0.5) is 5.88 Å². The van der Waals surface area contributed by atoms with Gasteiger partial charge in [0.15, 0.2) is 11.5 Å². The van der Waals surface area contributed by atoms with Crippen molar-refractivity contribution in [1.82, 2.24) is 15.1 Å². The van der Waals surface area contributed by atoms with Crippen LogP contribution in [0.5, 0.6) is 0 Å². The van der Waals surface area contributed by atoms with Gasteiger partial charge in [-0.2, -0.15) is 0 Å². The van der Waals surface area contributed by atoms with Crippen LogP contribution in [0.2, 0.25) is 0 Å². The first-order valence-corrected chi connectivity index (χ1v) is 6.33. The fourth-order valence-corrected chi connectivity index (χ4v) is 2.04. The Hall–Kier alpha value is -2.21. The van der Waals surface area contributed by atoms with Gasteiger partial charge in [-0.05, 0) is 23.8 Å². The predicted molar refractivity (Wildman–Crippen MR) is 75.1 cm³/mol. The van der Waals surface area contributed by atoms with E-state index in [1.807, 2.05) is 24.3 Å². The van der Waals surface area contributed by atoms with Gasteiger partial charge in [0, 0.05) is 16.9 Å². The average Bonchev–Trinajstić information content (AvgIpc) is 2.83. The van der Waals surface area contributed by atoms with E-state index in [1.165, 1.54) is 0 Å².